The van der Waals surface area contributed by atoms with Gasteiger partial charge < -0.3 is 34.4 Å². The number of nitrogens with zero attached hydrogens (tertiary/aromatic N) is 6. The molecule has 1 saturated heterocycles. The van der Waals surface area contributed by atoms with Gasteiger partial charge in [0, 0.05) is 43.4 Å². The second-order valence-corrected chi connectivity index (χ2v) is 18.1. The SMILES string of the molecule is C=CC(=O)N1CCN(c2nc(=O)n3c4nc(c(F)cc24)-c2c(F)cccc2OCC(O)C(OC(=O)[C@@H](NC(=O)OCC2c4ccccc4-c4ccccc42)C(C)C)c2ccnc(C(C)C)c2-3)[C@@H](C)C1. The third-order valence-electron chi connectivity index (χ3n) is 13.0. The summed E-state index contributed by atoms with van der Waals surface area (Å²) in [5.74, 6) is -4.44. The number of pyridine rings is 2. The van der Waals surface area contributed by atoms with Crippen molar-refractivity contribution in [3.8, 4) is 33.8 Å². The van der Waals surface area contributed by atoms with Gasteiger partial charge in [-0.15, -0.1) is 0 Å². The van der Waals surface area contributed by atoms with Crippen molar-refractivity contribution in [2.45, 2.75) is 70.7 Å². The zero-order chi connectivity index (χ0) is 48.8. The van der Waals surface area contributed by atoms with Crippen molar-refractivity contribution in [3.63, 3.8) is 0 Å². The van der Waals surface area contributed by atoms with Crippen LogP contribution < -0.4 is 20.6 Å². The Hall–Kier alpha value is -7.53. The average Bonchev–Trinajstić information content (AvgIpc) is 3.65. The van der Waals surface area contributed by atoms with Crippen LogP contribution in [0.5, 0.6) is 5.75 Å². The van der Waals surface area contributed by atoms with Crippen LogP contribution in [0.4, 0.5) is 19.4 Å². The van der Waals surface area contributed by atoms with Crippen LogP contribution in [-0.2, 0) is 19.1 Å². The summed E-state index contributed by atoms with van der Waals surface area (Å²) >= 11 is 0. The highest BCUT2D eigenvalue weighted by Gasteiger charge is 2.38. The van der Waals surface area contributed by atoms with Crippen molar-refractivity contribution in [2.75, 3.05) is 37.7 Å². The van der Waals surface area contributed by atoms with Crippen LogP contribution in [0.25, 0.3) is 39.1 Å². The minimum absolute atomic E-state index is 0.0158. The van der Waals surface area contributed by atoms with E-state index in [1.807, 2.05) is 69.3 Å². The molecule has 0 radical (unpaired) electrons. The normalized spacial score (nSPS) is 18.0. The third kappa shape index (κ3) is 8.55. The summed E-state index contributed by atoms with van der Waals surface area (Å²) < 4.78 is 52.0. The molecule has 1 aliphatic carbocycles. The number of hydrogen-bond donors (Lipinski definition) is 2. The summed E-state index contributed by atoms with van der Waals surface area (Å²) in [7, 11) is 0. The second-order valence-electron chi connectivity index (χ2n) is 18.1. The van der Waals surface area contributed by atoms with Gasteiger partial charge in [-0.05, 0) is 71.4 Å². The molecular formula is C52H51F2N7O8. The monoisotopic (exact) mass is 939 g/mol. The second kappa shape index (κ2) is 18.9. The van der Waals surface area contributed by atoms with E-state index >= 15 is 8.78 Å². The summed E-state index contributed by atoms with van der Waals surface area (Å²) in [6.07, 6.45) is -1.57. The molecule has 0 spiro atoms. The van der Waals surface area contributed by atoms with Crippen LogP contribution in [0.3, 0.4) is 0 Å². The number of rotatable bonds is 9. The Kier molecular flexibility index (Phi) is 12.7. The van der Waals surface area contributed by atoms with E-state index in [2.05, 4.69) is 21.9 Å². The Balaban J connectivity index is 1.13. The minimum atomic E-state index is -1.72. The summed E-state index contributed by atoms with van der Waals surface area (Å²) in [6.45, 7) is 12.5. The van der Waals surface area contributed by atoms with E-state index in [1.165, 1.54) is 30.5 Å². The van der Waals surface area contributed by atoms with Crippen molar-refractivity contribution in [3.05, 3.63) is 142 Å². The molecule has 2 bridgehead atoms. The molecule has 2 N–H and O–H groups in total. The lowest BCUT2D eigenvalue weighted by Gasteiger charge is -2.40. The maximum atomic E-state index is 16.7. The Labute approximate surface area is 396 Å². The van der Waals surface area contributed by atoms with E-state index in [0.29, 0.717) is 0 Å². The number of carbonyl (C=O) groups is 3. The highest BCUT2D eigenvalue weighted by atomic mass is 19.1. The first-order chi connectivity index (χ1) is 33.2. The van der Waals surface area contributed by atoms with E-state index in [0.717, 1.165) is 39.0 Å². The van der Waals surface area contributed by atoms with Crippen LogP contribution >= 0.6 is 0 Å². The van der Waals surface area contributed by atoms with E-state index < -0.39 is 77.8 Å². The fourth-order valence-electron chi connectivity index (χ4n) is 9.61. The lowest BCUT2D eigenvalue weighted by molar-refractivity contribution is -0.160. The van der Waals surface area contributed by atoms with Crippen molar-refractivity contribution < 1.29 is 42.5 Å². The van der Waals surface area contributed by atoms with Crippen molar-refractivity contribution in [1.29, 1.82) is 0 Å². The van der Waals surface area contributed by atoms with Crippen molar-refractivity contribution >= 4 is 34.8 Å². The van der Waals surface area contributed by atoms with Crippen LogP contribution in [0, 0.1) is 17.6 Å². The van der Waals surface area contributed by atoms with Gasteiger partial charge in [0.1, 0.15) is 48.4 Å². The molecule has 1 fully saturated rings. The average molecular weight is 940 g/mol. The molecule has 17 heteroatoms. The number of aliphatic hydroxyl groups is 1. The van der Waals surface area contributed by atoms with Gasteiger partial charge in [-0.1, -0.05) is 88.9 Å². The van der Waals surface area contributed by atoms with Crippen LogP contribution in [-0.4, -0.2) is 98.5 Å². The van der Waals surface area contributed by atoms with Crippen LogP contribution in [0.15, 0.2) is 103 Å². The maximum Gasteiger partial charge on any atom is 0.407 e. The van der Waals surface area contributed by atoms with Gasteiger partial charge in [-0.25, -0.2) is 32.7 Å². The molecule has 2 unspecified atom stereocenters. The molecule has 5 heterocycles. The van der Waals surface area contributed by atoms with Gasteiger partial charge >= 0.3 is 17.8 Å². The molecule has 9 rings (SSSR count). The Morgan fingerprint density at radius 2 is 1.65 bits per heavy atom. The van der Waals surface area contributed by atoms with Gasteiger partial charge in [-0.3, -0.25) is 9.78 Å². The predicted octanol–water partition coefficient (Wildman–Crippen LogP) is 7.37. The first-order valence-electron chi connectivity index (χ1n) is 22.9. The van der Waals surface area contributed by atoms with E-state index in [4.69, 9.17) is 19.2 Å². The van der Waals surface area contributed by atoms with Gasteiger partial charge in [0.2, 0.25) is 5.91 Å². The molecule has 356 valence electrons. The highest BCUT2D eigenvalue weighted by Crippen LogP contribution is 2.45. The number of hydrogen-bond acceptors (Lipinski definition) is 12. The zero-order valence-electron chi connectivity index (χ0n) is 38.7. The van der Waals surface area contributed by atoms with Gasteiger partial charge in [0.25, 0.3) is 0 Å². The number of benzene rings is 3. The quantitative estimate of drug-likeness (QED) is 0.109. The number of amides is 2. The molecule has 69 heavy (non-hydrogen) atoms. The minimum Gasteiger partial charge on any atom is -0.490 e. The first kappa shape index (κ1) is 46.6. The number of aromatic nitrogens is 4. The number of fused-ring (bicyclic) bond motifs is 8. The Morgan fingerprint density at radius 1 is 0.942 bits per heavy atom. The summed E-state index contributed by atoms with van der Waals surface area (Å²) in [6, 6.07) is 20.5. The largest absolute Gasteiger partial charge is 0.490 e. The lowest BCUT2D eigenvalue weighted by atomic mass is 9.97. The van der Waals surface area contributed by atoms with Gasteiger partial charge in [0.05, 0.1) is 22.3 Å². The molecule has 0 saturated carbocycles. The molecule has 3 aromatic carbocycles. The van der Waals surface area contributed by atoms with E-state index in [1.54, 1.807) is 23.6 Å². The van der Waals surface area contributed by atoms with Crippen molar-refractivity contribution in [1.82, 2.24) is 29.7 Å². The third-order valence-corrected chi connectivity index (χ3v) is 13.0. The summed E-state index contributed by atoms with van der Waals surface area (Å²) in [5.41, 5.74) is 2.59. The van der Waals surface area contributed by atoms with Crippen LogP contribution in [0.1, 0.15) is 74.9 Å². The Morgan fingerprint density at radius 3 is 2.32 bits per heavy atom. The molecule has 6 aromatic rings. The number of piperazine rings is 1. The zero-order valence-corrected chi connectivity index (χ0v) is 38.7. The number of halogens is 2. The first-order valence-corrected chi connectivity index (χ1v) is 22.9. The van der Waals surface area contributed by atoms with E-state index in [9.17, 15) is 24.3 Å². The Bertz CT molecular complexity index is 3040. The molecule has 2 amide bonds. The standard InChI is InChI=1S/C52H51F2N7O8/c1-7-41(63)59-21-22-60(29(6)24-59)48-35-23-38(54)45-42-37(53)17-12-18-40(42)67-26-39(62)47(34-19-20-55-43(27(2)3)46(34)61(49(35)56-45)51(65)58-48)69-50(64)44(28(4)5)57-52(66)68-25-36-32-15-10-8-13-30(32)31-14-9-11-16-33(31)36/h7-20,23,27-29,36,39,44,47,62H,1,21-22,24-26H2,2-6H3,(H,57,66)/t29-,39?,44-,47?/m0/s1. The van der Waals surface area contributed by atoms with Crippen molar-refractivity contribution in [2.24, 2.45) is 5.92 Å². The highest BCUT2D eigenvalue weighted by molar-refractivity contribution is 5.92. The van der Waals surface area contributed by atoms with Gasteiger partial charge in [0.15, 0.2) is 17.6 Å². The molecular weight excluding hydrogens is 889 g/mol. The topological polar surface area (TPSA) is 178 Å². The van der Waals surface area contributed by atoms with E-state index in [-0.39, 0.29) is 83.2 Å². The number of nitrogens with one attached hydrogen (secondary N) is 1. The number of esters is 1. The molecule has 15 nitrogen and oxygen atoms in total. The van der Waals surface area contributed by atoms with Gasteiger partial charge in [-0.2, -0.15) is 4.98 Å². The molecule has 4 atom stereocenters. The summed E-state index contributed by atoms with van der Waals surface area (Å²) in [5, 5.41) is 14.9. The number of anilines is 1. The predicted molar refractivity (Wildman–Crippen MR) is 253 cm³/mol. The number of carbonyl (C=O) groups excluding carboxylic acids is 3. The molecule has 3 aromatic heterocycles. The summed E-state index contributed by atoms with van der Waals surface area (Å²) in [4.78, 5) is 73.0. The maximum absolute atomic E-state index is 16.7. The number of alkyl carbamates (subject to hydrolysis) is 1. The number of aliphatic hydroxyl groups excluding tert-OH is 1. The smallest absolute Gasteiger partial charge is 0.407 e. The van der Waals surface area contributed by atoms with Crippen LogP contribution in [0.2, 0.25) is 0 Å². The molecule has 2 aliphatic heterocycles. The fraction of sp³-hybridized carbons (Fsp3) is 0.327. The number of ether oxygens (including phenoxy) is 3. The fourth-order valence-corrected chi connectivity index (χ4v) is 9.61. The lowest BCUT2D eigenvalue weighted by Crippen LogP contribution is -2.54. The molecule has 3 aliphatic rings.